The van der Waals surface area contributed by atoms with E-state index in [-0.39, 0.29) is 5.56 Å². The molecule has 1 heterocycles. The van der Waals surface area contributed by atoms with Crippen molar-refractivity contribution < 1.29 is 27.4 Å². The van der Waals surface area contributed by atoms with Crippen LogP contribution < -0.4 is 4.74 Å². The first-order chi connectivity index (χ1) is 14.4. The van der Waals surface area contributed by atoms with E-state index < -0.39 is 29.2 Å². The van der Waals surface area contributed by atoms with Gasteiger partial charge in [0.2, 0.25) is 0 Å². The summed E-state index contributed by atoms with van der Waals surface area (Å²) in [5.74, 6) is 0.298. The van der Waals surface area contributed by atoms with Crippen molar-refractivity contribution in [2.75, 3.05) is 6.61 Å². The molecule has 1 aliphatic rings. The Kier molecular flexibility index (Phi) is 6.51. The third kappa shape index (κ3) is 5.12. The molecule has 0 aliphatic carbocycles. The van der Waals surface area contributed by atoms with Gasteiger partial charge >= 0.3 is 6.18 Å². The van der Waals surface area contributed by atoms with Gasteiger partial charge in [-0.05, 0) is 87.4 Å². The largest absolute Gasteiger partial charge is 0.493 e. The molecule has 6 heteroatoms. The first kappa shape index (κ1) is 23.3. The fraction of sp³-hybridized carbons (Fsp3) is 0.480. The quantitative estimate of drug-likeness (QED) is 0.525. The average molecular weight is 434 g/mol. The molecule has 2 aromatic carbocycles. The van der Waals surface area contributed by atoms with E-state index in [4.69, 9.17) is 9.47 Å². The van der Waals surface area contributed by atoms with E-state index in [1.54, 1.807) is 32.9 Å². The van der Waals surface area contributed by atoms with Crippen molar-refractivity contribution in [2.24, 2.45) is 0 Å². The number of halogens is 3. The van der Waals surface area contributed by atoms with Gasteiger partial charge in [-0.15, -0.1) is 0 Å². The zero-order chi connectivity index (χ0) is 23.0. The second-order valence-electron chi connectivity index (χ2n) is 8.91. The number of Topliss-reactive ketones (excluding diaryl/α,β-unsaturated/α-hetero) is 1. The minimum atomic E-state index is -4.62. The minimum Gasteiger partial charge on any atom is -0.493 e. The Balaban J connectivity index is 2.34. The number of hydrogen-bond donors (Lipinski definition) is 0. The molecule has 0 fully saturated rings. The first-order valence-corrected chi connectivity index (χ1v) is 10.6. The fourth-order valence-electron chi connectivity index (χ4n) is 4.03. The van der Waals surface area contributed by atoms with Gasteiger partial charge in [-0.1, -0.05) is 19.1 Å². The highest BCUT2D eigenvalue weighted by atomic mass is 19.4. The highest BCUT2D eigenvalue weighted by Gasteiger charge is 2.40. The van der Waals surface area contributed by atoms with Crippen LogP contribution in [0.4, 0.5) is 13.2 Å². The summed E-state index contributed by atoms with van der Waals surface area (Å²) in [5.41, 5.74) is 1.03. The van der Waals surface area contributed by atoms with E-state index in [0.717, 1.165) is 35.8 Å². The van der Waals surface area contributed by atoms with Gasteiger partial charge in [0.15, 0.2) is 5.78 Å². The fourth-order valence-corrected chi connectivity index (χ4v) is 4.03. The highest BCUT2D eigenvalue weighted by molar-refractivity contribution is 5.87. The van der Waals surface area contributed by atoms with Crippen LogP contribution in [0.5, 0.6) is 5.75 Å². The number of alkyl halides is 3. The molecule has 31 heavy (non-hydrogen) atoms. The maximum absolute atomic E-state index is 14.1. The van der Waals surface area contributed by atoms with Crippen LogP contribution in [0.3, 0.4) is 0 Å². The molecule has 0 radical (unpaired) electrons. The number of carbonyl (C=O) groups excluding carboxylic acids is 1. The summed E-state index contributed by atoms with van der Waals surface area (Å²) >= 11 is 0. The molecule has 0 bridgehead atoms. The standard InChI is InChI=1S/C25H29F3O3/c1-6-16-9-11-19(25(26,27)28)22(23(15(2)29)31-24(3,4)5)21(16)18-10-12-20-17(14-18)8-7-13-30-20/h9-12,14,23H,6-8,13H2,1-5H3. The number of rotatable bonds is 5. The Hall–Kier alpha value is -2.34. The Morgan fingerprint density at radius 2 is 1.87 bits per heavy atom. The van der Waals surface area contributed by atoms with E-state index in [1.807, 2.05) is 13.0 Å². The lowest BCUT2D eigenvalue weighted by Crippen LogP contribution is -2.29. The van der Waals surface area contributed by atoms with Crippen molar-refractivity contribution in [1.82, 2.24) is 0 Å². The van der Waals surface area contributed by atoms with Gasteiger partial charge in [-0.3, -0.25) is 4.79 Å². The number of ether oxygens (including phenoxy) is 2. The van der Waals surface area contributed by atoms with Crippen LogP contribution in [0.25, 0.3) is 11.1 Å². The topological polar surface area (TPSA) is 35.5 Å². The second-order valence-corrected chi connectivity index (χ2v) is 8.91. The molecule has 0 saturated heterocycles. The number of fused-ring (bicyclic) bond motifs is 1. The van der Waals surface area contributed by atoms with Crippen LogP contribution in [0.2, 0.25) is 0 Å². The normalized spacial score (nSPS) is 15.2. The van der Waals surface area contributed by atoms with Crippen molar-refractivity contribution in [3.05, 3.63) is 52.6 Å². The van der Waals surface area contributed by atoms with Gasteiger partial charge in [-0.2, -0.15) is 13.2 Å². The lowest BCUT2D eigenvalue weighted by atomic mass is 9.84. The Morgan fingerprint density at radius 3 is 2.45 bits per heavy atom. The molecular weight excluding hydrogens is 405 g/mol. The maximum atomic E-state index is 14.1. The lowest BCUT2D eigenvalue weighted by Gasteiger charge is -2.31. The van der Waals surface area contributed by atoms with Crippen LogP contribution in [0.15, 0.2) is 30.3 Å². The van der Waals surface area contributed by atoms with Gasteiger partial charge in [0, 0.05) is 5.56 Å². The highest BCUT2D eigenvalue weighted by Crippen LogP contribution is 2.45. The van der Waals surface area contributed by atoms with Crippen molar-refractivity contribution in [2.45, 2.75) is 71.8 Å². The summed E-state index contributed by atoms with van der Waals surface area (Å²) in [7, 11) is 0. The summed E-state index contributed by atoms with van der Waals surface area (Å²) < 4.78 is 54.0. The molecule has 0 N–H and O–H groups in total. The van der Waals surface area contributed by atoms with Crippen LogP contribution in [-0.4, -0.2) is 18.0 Å². The summed E-state index contributed by atoms with van der Waals surface area (Å²) in [4.78, 5) is 12.6. The zero-order valence-electron chi connectivity index (χ0n) is 18.7. The van der Waals surface area contributed by atoms with Gasteiger partial charge in [-0.25, -0.2) is 0 Å². The molecular formula is C25H29F3O3. The van der Waals surface area contributed by atoms with Crippen LogP contribution >= 0.6 is 0 Å². The Bertz CT molecular complexity index is 971. The van der Waals surface area contributed by atoms with Crippen LogP contribution in [0, 0.1) is 0 Å². The zero-order valence-corrected chi connectivity index (χ0v) is 18.7. The number of carbonyl (C=O) groups is 1. The second kappa shape index (κ2) is 8.65. The molecule has 0 saturated carbocycles. The number of ketones is 1. The van der Waals surface area contributed by atoms with E-state index in [2.05, 4.69) is 0 Å². The van der Waals surface area contributed by atoms with Crippen LogP contribution in [0.1, 0.15) is 69.4 Å². The SMILES string of the molecule is CCc1ccc(C(F)(F)F)c(C(OC(C)(C)C)C(C)=O)c1-c1ccc2c(c1)CCCO2. The summed E-state index contributed by atoms with van der Waals surface area (Å²) in [6, 6.07) is 8.05. The number of hydrogen-bond acceptors (Lipinski definition) is 3. The van der Waals surface area contributed by atoms with Crippen molar-refractivity contribution in [3.8, 4) is 16.9 Å². The third-order valence-electron chi connectivity index (χ3n) is 5.32. The van der Waals surface area contributed by atoms with Gasteiger partial charge < -0.3 is 9.47 Å². The maximum Gasteiger partial charge on any atom is 0.416 e. The molecule has 1 atom stereocenters. The molecule has 3 nitrogen and oxygen atoms in total. The van der Waals surface area contributed by atoms with E-state index >= 15 is 0 Å². The van der Waals surface area contributed by atoms with Crippen molar-refractivity contribution in [1.29, 1.82) is 0 Å². The van der Waals surface area contributed by atoms with Crippen LogP contribution in [-0.2, 0) is 28.5 Å². The molecule has 3 rings (SSSR count). The van der Waals surface area contributed by atoms with Crippen molar-refractivity contribution in [3.63, 3.8) is 0 Å². The third-order valence-corrected chi connectivity index (χ3v) is 5.32. The summed E-state index contributed by atoms with van der Waals surface area (Å²) in [6.07, 6.45) is -3.77. The average Bonchev–Trinajstić information content (AvgIpc) is 2.69. The molecule has 2 aromatic rings. The Labute approximate surface area is 181 Å². The Morgan fingerprint density at radius 1 is 1.16 bits per heavy atom. The summed E-state index contributed by atoms with van der Waals surface area (Å²) in [5, 5.41) is 0. The van der Waals surface area contributed by atoms with Gasteiger partial charge in [0.25, 0.3) is 0 Å². The molecule has 0 aromatic heterocycles. The van der Waals surface area contributed by atoms with Gasteiger partial charge in [0.05, 0.1) is 17.8 Å². The molecule has 168 valence electrons. The predicted octanol–water partition coefficient (Wildman–Crippen LogP) is 6.71. The molecule has 1 unspecified atom stereocenters. The van der Waals surface area contributed by atoms with Crippen molar-refractivity contribution >= 4 is 5.78 Å². The summed E-state index contributed by atoms with van der Waals surface area (Å²) in [6.45, 7) is 9.00. The minimum absolute atomic E-state index is 0.106. The lowest BCUT2D eigenvalue weighted by molar-refractivity contribution is -0.146. The van der Waals surface area contributed by atoms with E-state index in [0.29, 0.717) is 24.2 Å². The number of benzene rings is 2. The van der Waals surface area contributed by atoms with Gasteiger partial charge in [0.1, 0.15) is 11.9 Å². The smallest absolute Gasteiger partial charge is 0.416 e. The molecule has 0 amide bonds. The van der Waals surface area contributed by atoms with E-state index in [1.165, 1.54) is 13.0 Å². The van der Waals surface area contributed by atoms with E-state index in [9.17, 15) is 18.0 Å². The predicted molar refractivity (Wildman–Crippen MR) is 114 cm³/mol. The number of aryl methyl sites for hydroxylation is 2. The monoisotopic (exact) mass is 434 g/mol. The molecule has 1 aliphatic heterocycles. The molecule has 0 spiro atoms. The first-order valence-electron chi connectivity index (χ1n) is 10.6.